The summed E-state index contributed by atoms with van der Waals surface area (Å²) in [4.78, 5) is 5.64. The fourth-order valence-electron chi connectivity index (χ4n) is 2.63. The summed E-state index contributed by atoms with van der Waals surface area (Å²) in [6, 6.07) is 6.12. The molecule has 4 nitrogen and oxygen atoms in total. The standard InChI is InChI=1S/C15H17N3OS/c1-8-13(14-9(2)20-15(16)17-14)11-7-10(19-4)5-6-12(11)18(8)3/h5-7H,1-4H3,(H2,16,17). The Bertz CT molecular complexity index is 801. The van der Waals surface area contributed by atoms with Gasteiger partial charge in [0, 0.05) is 34.1 Å². The largest absolute Gasteiger partial charge is 0.497 e. The van der Waals surface area contributed by atoms with Crippen LogP contribution in [-0.4, -0.2) is 16.7 Å². The Morgan fingerprint density at radius 2 is 2.05 bits per heavy atom. The lowest BCUT2D eigenvalue weighted by Gasteiger charge is -2.01. The molecule has 0 amide bonds. The Kier molecular flexibility index (Phi) is 2.94. The van der Waals surface area contributed by atoms with Gasteiger partial charge >= 0.3 is 0 Å². The van der Waals surface area contributed by atoms with Crippen LogP contribution in [0, 0.1) is 13.8 Å². The number of thiazole rings is 1. The highest BCUT2D eigenvalue weighted by atomic mass is 32.1. The molecular weight excluding hydrogens is 270 g/mol. The molecule has 0 radical (unpaired) electrons. The van der Waals surface area contributed by atoms with Crippen LogP contribution in [0.5, 0.6) is 5.75 Å². The van der Waals surface area contributed by atoms with Crippen molar-refractivity contribution in [3.05, 3.63) is 28.8 Å². The van der Waals surface area contributed by atoms with E-state index in [9.17, 15) is 0 Å². The minimum Gasteiger partial charge on any atom is -0.497 e. The van der Waals surface area contributed by atoms with E-state index in [0.717, 1.165) is 27.3 Å². The molecule has 2 aromatic heterocycles. The molecule has 104 valence electrons. The second-order valence-corrected chi connectivity index (χ2v) is 6.09. The molecule has 0 aliphatic heterocycles. The minimum atomic E-state index is 0.608. The Morgan fingerprint density at radius 3 is 2.65 bits per heavy atom. The van der Waals surface area contributed by atoms with Crippen molar-refractivity contribution >= 4 is 27.4 Å². The number of methoxy groups -OCH3 is 1. The second kappa shape index (κ2) is 4.52. The van der Waals surface area contributed by atoms with E-state index in [1.54, 1.807) is 7.11 Å². The van der Waals surface area contributed by atoms with Crippen molar-refractivity contribution < 1.29 is 4.74 Å². The van der Waals surface area contributed by atoms with E-state index in [2.05, 4.69) is 42.6 Å². The zero-order valence-electron chi connectivity index (χ0n) is 12.0. The van der Waals surface area contributed by atoms with Gasteiger partial charge < -0.3 is 15.0 Å². The summed E-state index contributed by atoms with van der Waals surface area (Å²) in [7, 11) is 3.75. The van der Waals surface area contributed by atoms with Crippen LogP contribution in [0.1, 0.15) is 10.6 Å². The lowest BCUT2D eigenvalue weighted by Crippen LogP contribution is -1.91. The Balaban J connectivity index is 2.39. The number of nitrogen functional groups attached to an aromatic ring is 1. The van der Waals surface area contributed by atoms with Crippen LogP contribution < -0.4 is 10.5 Å². The molecule has 0 spiro atoms. The normalized spacial score (nSPS) is 11.2. The maximum absolute atomic E-state index is 5.85. The van der Waals surface area contributed by atoms with E-state index in [1.807, 2.05) is 6.07 Å². The summed E-state index contributed by atoms with van der Waals surface area (Å²) in [5.41, 5.74) is 10.3. The molecule has 20 heavy (non-hydrogen) atoms. The first-order valence-electron chi connectivity index (χ1n) is 6.39. The van der Waals surface area contributed by atoms with Crippen LogP contribution in [-0.2, 0) is 7.05 Å². The first-order chi connectivity index (χ1) is 9.52. The molecule has 0 atom stereocenters. The third-order valence-corrected chi connectivity index (χ3v) is 4.55. The molecule has 0 aliphatic carbocycles. The van der Waals surface area contributed by atoms with E-state index < -0.39 is 0 Å². The van der Waals surface area contributed by atoms with Gasteiger partial charge in [0.05, 0.1) is 12.8 Å². The van der Waals surface area contributed by atoms with Gasteiger partial charge in [0.1, 0.15) is 5.75 Å². The maximum Gasteiger partial charge on any atom is 0.180 e. The van der Waals surface area contributed by atoms with Crippen LogP contribution in [0.2, 0.25) is 0 Å². The Labute approximate surface area is 121 Å². The van der Waals surface area contributed by atoms with E-state index in [-0.39, 0.29) is 0 Å². The van der Waals surface area contributed by atoms with E-state index >= 15 is 0 Å². The zero-order valence-corrected chi connectivity index (χ0v) is 12.8. The van der Waals surface area contributed by atoms with Crippen molar-refractivity contribution in [3.63, 3.8) is 0 Å². The molecule has 0 saturated carbocycles. The quantitative estimate of drug-likeness (QED) is 0.784. The average molecular weight is 287 g/mol. The molecule has 2 heterocycles. The number of nitrogens with two attached hydrogens (primary N) is 1. The van der Waals surface area contributed by atoms with Gasteiger partial charge in [-0.1, -0.05) is 0 Å². The molecule has 3 aromatic rings. The fourth-order valence-corrected chi connectivity index (χ4v) is 3.32. The van der Waals surface area contributed by atoms with Crippen LogP contribution in [0.4, 0.5) is 5.13 Å². The smallest absolute Gasteiger partial charge is 0.180 e. The van der Waals surface area contributed by atoms with Crippen molar-refractivity contribution in [3.8, 4) is 17.0 Å². The van der Waals surface area contributed by atoms with E-state index in [4.69, 9.17) is 10.5 Å². The first-order valence-corrected chi connectivity index (χ1v) is 7.21. The highest BCUT2D eigenvalue weighted by molar-refractivity contribution is 7.15. The summed E-state index contributed by atoms with van der Waals surface area (Å²) >= 11 is 1.53. The van der Waals surface area contributed by atoms with Gasteiger partial charge in [0.15, 0.2) is 5.13 Å². The van der Waals surface area contributed by atoms with E-state index in [0.29, 0.717) is 5.13 Å². The fraction of sp³-hybridized carbons (Fsp3) is 0.267. The number of hydrogen-bond donors (Lipinski definition) is 1. The molecular formula is C15H17N3OS. The molecule has 0 aliphatic rings. The number of ether oxygens (including phenoxy) is 1. The highest BCUT2D eigenvalue weighted by Crippen LogP contribution is 2.38. The van der Waals surface area contributed by atoms with Crippen molar-refractivity contribution in [2.75, 3.05) is 12.8 Å². The molecule has 0 saturated heterocycles. The summed E-state index contributed by atoms with van der Waals surface area (Å²) in [5, 5.41) is 1.76. The van der Waals surface area contributed by atoms with Gasteiger partial charge in [-0.15, -0.1) is 11.3 Å². The zero-order chi connectivity index (χ0) is 14.4. The molecule has 0 unspecified atom stereocenters. The number of fused-ring (bicyclic) bond motifs is 1. The lowest BCUT2D eigenvalue weighted by molar-refractivity contribution is 0.415. The van der Waals surface area contributed by atoms with Crippen LogP contribution >= 0.6 is 11.3 Å². The van der Waals surface area contributed by atoms with Gasteiger partial charge in [0.2, 0.25) is 0 Å². The Morgan fingerprint density at radius 1 is 1.30 bits per heavy atom. The SMILES string of the molecule is COc1ccc2c(c1)c(-c1nc(N)sc1C)c(C)n2C. The van der Waals surface area contributed by atoms with Crippen molar-refractivity contribution in [2.24, 2.45) is 7.05 Å². The molecule has 2 N–H and O–H groups in total. The highest BCUT2D eigenvalue weighted by Gasteiger charge is 2.18. The number of benzene rings is 1. The number of aryl methyl sites for hydroxylation is 2. The number of rotatable bonds is 2. The second-order valence-electron chi connectivity index (χ2n) is 4.86. The molecule has 0 fully saturated rings. The number of nitrogens with zero attached hydrogens (tertiary/aromatic N) is 2. The predicted molar refractivity (Wildman–Crippen MR) is 84.5 cm³/mol. The average Bonchev–Trinajstić information content (AvgIpc) is 2.88. The number of hydrogen-bond acceptors (Lipinski definition) is 4. The third-order valence-electron chi connectivity index (χ3n) is 3.75. The van der Waals surface area contributed by atoms with Crippen LogP contribution in [0.25, 0.3) is 22.2 Å². The van der Waals surface area contributed by atoms with E-state index in [1.165, 1.54) is 22.5 Å². The van der Waals surface area contributed by atoms with Gasteiger partial charge in [-0.05, 0) is 32.0 Å². The maximum atomic E-state index is 5.85. The van der Waals surface area contributed by atoms with Crippen molar-refractivity contribution in [1.29, 1.82) is 0 Å². The predicted octanol–water partition coefficient (Wildman–Crippen LogP) is 3.51. The summed E-state index contributed by atoms with van der Waals surface area (Å²) in [5.74, 6) is 0.852. The van der Waals surface area contributed by atoms with Crippen LogP contribution in [0.3, 0.4) is 0 Å². The number of aromatic nitrogens is 2. The molecule has 5 heteroatoms. The summed E-state index contributed by atoms with van der Waals surface area (Å²) in [6.45, 7) is 4.17. The molecule has 0 bridgehead atoms. The molecule has 1 aromatic carbocycles. The summed E-state index contributed by atoms with van der Waals surface area (Å²) in [6.07, 6.45) is 0. The third kappa shape index (κ3) is 1.78. The minimum absolute atomic E-state index is 0.608. The van der Waals surface area contributed by atoms with Gasteiger partial charge in [-0.2, -0.15) is 0 Å². The van der Waals surface area contributed by atoms with Crippen molar-refractivity contribution in [2.45, 2.75) is 13.8 Å². The lowest BCUT2D eigenvalue weighted by atomic mass is 10.1. The van der Waals surface area contributed by atoms with Gasteiger partial charge in [-0.25, -0.2) is 4.98 Å². The van der Waals surface area contributed by atoms with Gasteiger partial charge in [0.25, 0.3) is 0 Å². The topological polar surface area (TPSA) is 53.1 Å². The Hall–Kier alpha value is -2.01. The summed E-state index contributed by atoms with van der Waals surface area (Å²) < 4.78 is 7.53. The molecule has 3 rings (SSSR count). The van der Waals surface area contributed by atoms with Crippen molar-refractivity contribution in [1.82, 2.24) is 9.55 Å². The first kappa shape index (κ1) is 13.0. The number of anilines is 1. The van der Waals surface area contributed by atoms with Gasteiger partial charge in [-0.3, -0.25) is 0 Å². The monoisotopic (exact) mass is 287 g/mol. The van der Waals surface area contributed by atoms with Crippen LogP contribution in [0.15, 0.2) is 18.2 Å².